The molecular weight excluding hydrogens is 368 g/mol. The van der Waals surface area contributed by atoms with E-state index in [4.69, 9.17) is 9.57 Å². The monoisotopic (exact) mass is 392 g/mol. The van der Waals surface area contributed by atoms with Crippen LogP contribution in [0.4, 0.5) is 0 Å². The van der Waals surface area contributed by atoms with Crippen molar-refractivity contribution in [2.75, 3.05) is 34.4 Å². The second kappa shape index (κ2) is 9.61. The predicted octanol–water partition coefficient (Wildman–Crippen LogP) is 2.16. The van der Waals surface area contributed by atoms with Crippen molar-refractivity contribution < 1.29 is 22.8 Å². The molecule has 0 N–H and O–H groups in total. The first-order chi connectivity index (χ1) is 12.9. The Balaban J connectivity index is 2.21. The number of amides is 1. The molecule has 0 aliphatic rings. The Kier molecular flexibility index (Phi) is 7.49. The molecule has 0 unspecified atom stereocenters. The molecule has 0 aliphatic heterocycles. The first-order valence-electron chi connectivity index (χ1n) is 8.35. The van der Waals surface area contributed by atoms with E-state index in [2.05, 4.69) is 0 Å². The van der Waals surface area contributed by atoms with Gasteiger partial charge in [0.15, 0.2) is 0 Å². The summed E-state index contributed by atoms with van der Waals surface area (Å²) in [5.41, 5.74) is 1.41. The fourth-order valence-corrected chi connectivity index (χ4v) is 3.43. The van der Waals surface area contributed by atoms with Crippen LogP contribution < -0.4 is 0 Å². The SMILES string of the molecule is COCCN(Cc1ccccc1)C(=O)c1ccc(S(=O)(=O)N(C)OC)cc1. The van der Waals surface area contributed by atoms with Gasteiger partial charge in [0.25, 0.3) is 15.9 Å². The highest BCUT2D eigenvalue weighted by atomic mass is 32.2. The molecule has 0 spiro atoms. The lowest BCUT2D eigenvalue weighted by atomic mass is 10.1. The van der Waals surface area contributed by atoms with E-state index >= 15 is 0 Å². The third kappa shape index (κ3) is 5.36. The third-order valence-electron chi connectivity index (χ3n) is 4.06. The van der Waals surface area contributed by atoms with Crippen molar-refractivity contribution in [1.82, 2.24) is 9.37 Å². The van der Waals surface area contributed by atoms with Crippen molar-refractivity contribution in [2.24, 2.45) is 0 Å². The van der Waals surface area contributed by atoms with Gasteiger partial charge in [-0.15, -0.1) is 0 Å². The fraction of sp³-hybridized carbons (Fsp3) is 0.316. The number of ether oxygens (including phenoxy) is 1. The lowest BCUT2D eigenvalue weighted by Crippen LogP contribution is -2.33. The molecule has 0 saturated heterocycles. The summed E-state index contributed by atoms with van der Waals surface area (Å²) in [5, 5.41) is 0. The average Bonchev–Trinajstić information content (AvgIpc) is 2.70. The van der Waals surface area contributed by atoms with Gasteiger partial charge in [-0.25, -0.2) is 8.42 Å². The quantitative estimate of drug-likeness (QED) is 0.611. The van der Waals surface area contributed by atoms with Crippen LogP contribution >= 0.6 is 0 Å². The van der Waals surface area contributed by atoms with E-state index < -0.39 is 10.0 Å². The Bertz CT molecular complexity index is 838. The summed E-state index contributed by atoms with van der Waals surface area (Å²) >= 11 is 0. The molecule has 0 atom stereocenters. The highest BCUT2D eigenvalue weighted by molar-refractivity contribution is 7.89. The molecule has 0 saturated carbocycles. The molecule has 2 rings (SSSR count). The topological polar surface area (TPSA) is 76.2 Å². The van der Waals surface area contributed by atoms with Crippen molar-refractivity contribution in [1.29, 1.82) is 0 Å². The zero-order valence-corrected chi connectivity index (χ0v) is 16.5. The van der Waals surface area contributed by atoms with Crippen LogP contribution in [0, 0.1) is 0 Å². The molecule has 27 heavy (non-hydrogen) atoms. The Morgan fingerprint density at radius 3 is 2.19 bits per heavy atom. The maximum absolute atomic E-state index is 12.9. The Morgan fingerprint density at radius 1 is 1.00 bits per heavy atom. The summed E-state index contributed by atoms with van der Waals surface area (Å²) in [4.78, 5) is 19.4. The predicted molar refractivity (Wildman–Crippen MR) is 101 cm³/mol. The minimum absolute atomic E-state index is 0.0508. The number of methoxy groups -OCH3 is 1. The smallest absolute Gasteiger partial charge is 0.264 e. The van der Waals surface area contributed by atoms with Crippen LogP contribution in [0.3, 0.4) is 0 Å². The fourth-order valence-electron chi connectivity index (χ4n) is 2.46. The average molecular weight is 392 g/mol. The minimum atomic E-state index is -3.75. The number of sulfonamides is 1. The largest absolute Gasteiger partial charge is 0.383 e. The number of nitrogens with zero attached hydrogens (tertiary/aromatic N) is 2. The van der Waals surface area contributed by atoms with Gasteiger partial charge in [-0.2, -0.15) is 0 Å². The summed E-state index contributed by atoms with van der Waals surface area (Å²) in [6.45, 7) is 1.27. The number of carbonyl (C=O) groups is 1. The number of hydrogen-bond donors (Lipinski definition) is 0. The van der Waals surface area contributed by atoms with Gasteiger partial charge in [-0.3, -0.25) is 9.63 Å². The van der Waals surface area contributed by atoms with Crippen molar-refractivity contribution >= 4 is 15.9 Å². The normalized spacial score (nSPS) is 11.6. The number of hydrogen-bond acceptors (Lipinski definition) is 5. The van der Waals surface area contributed by atoms with Crippen LogP contribution in [0.15, 0.2) is 59.5 Å². The summed E-state index contributed by atoms with van der Waals surface area (Å²) in [6.07, 6.45) is 0. The molecular formula is C19H24N2O5S. The molecule has 0 bridgehead atoms. The lowest BCUT2D eigenvalue weighted by Gasteiger charge is -2.23. The summed E-state index contributed by atoms with van der Waals surface area (Å²) < 4.78 is 30.4. The molecule has 0 aliphatic carbocycles. The summed E-state index contributed by atoms with van der Waals surface area (Å²) in [5.74, 6) is -0.194. The van der Waals surface area contributed by atoms with Crippen LogP contribution in [0.25, 0.3) is 0 Å². The standard InChI is InChI=1S/C19H24N2O5S/c1-20(26-3)27(23,24)18-11-9-17(10-12-18)19(22)21(13-14-25-2)15-16-7-5-4-6-8-16/h4-12H,13-15H2,1-3H3. The van der Waals surface area contributed by atoms with Gasteiger partial charge >= 0.3 is 0 Å². The third-order valence-corrected chi connectivity index (χ3v) is 5.76. The van der Waals surface area contributed by atoms with Gasteiger partial charge in [0.1, 0.15) is 0 Å². The number of rotatable bonds is 9. The molecule has 2 aromatic carbocycles. The summed E-state index contributed by atoms with van der Waals surface area (Å²) in [7, 11) is 0.409. The van der Waals surface area contributed by atoms with Gasteiger partial charge in [-0.1, -0.05) is 34.8 Å². The molecule has 1 amide bonds. The molecule has 0 radical (unpaired) electrons. The van der Waals surface area contributed by atoms with Crippen molar-refractivity contribution in [3.05, 3.63) is 65.7 Å². The van der Waals surface area contributed by atoms with Crippen LogP contribution in [-0.4, -0.2) is 58.1 Å². The maximum atomic E-state index is 12.9. The first kappa shape index (κ1) is 21.0. The van der Waals surface area contributed by atoms with Gasteiger partial charge in [0, 0.05) is 32.8 Å². The van der Waals surface area contributed by atoms with E-state index in [1.54, 1.807) is 12.0 Å². The maximum Gasteiger partial charge on any atom is 0.264 e. The zero-order valence-electron chi connectivity index (χ0n) is 15.7. The van der Waals surface area contributed by atoms with E-state index in [0.717, 1.165) is 10.0 Å². The first-order valence-corrected chi connectivity index (χ1v) is 9.79. The highest BCUT2D eigenvalue weighted by Gasteiger charge is 2.22. The van der Waals surface area contributed by atoms with E-state index in [1.165, 1.54) is 38.4 Å². The molecule has 7 nitrogen and oxygen atoms in total. The minimum Gasteiger partial charge on any atom is -0.383 e. The molecule has 0 aromatic heterocycles. The van der Waals surface area contributed by atoms with Crippen molar-refractivity contribution in [3.8, 4) is 0 Å². The Morgan fingerprint density at radius 2 is 1.63 bits per heavy atom. The summed E-state index contributed by atoms with van der Waals surface area (Å²) in [6, 6.07) is 15.4. The number of benzene rings is 2. The number of hydroxylamine groups is 1. The van der Waals surface area contributed by atoms with Crippen molar-refractivity contribution in [3.63, 3.8) is 0 Å². The van der Waals surface area contributed by atoms with Crippen molar-refractivity contribution in [2.45, 2.75) is 11.4 Å². The van der Waals surface area contributed by atoms with Crippen LogP contribution in [0.1, 0.15) is 15.9 Å². The molecule has 2 aromatic rings. The van der Waals surface area contributed by atoms with Gasteiger partial charge in [0.2, 0.25) is 0 Å². The molecule has 8 heteroatoms. The van der Waals surface area contributed by atoms with Gasteiger partial charge in [-0.05, 0) is 29.8 Å². The van der Waals surface area contributed by atoms with E-state index in [9.17, 15) is 13.2 Å². The van der Waals surface area contributed by atoms with E-state index in [-0.39, 0.29) is 10.8 Å². The molecule has 0 heterocycles. The van der Waals surface area contributed by atoms with E-state index in [0.29, 0.717) is 25.3 Å². The zero-order chi connectivity index (χ0) is 19.9. The van der Waals surface area contributed by atoms with E-state index in [1.807, 2.05) is 30.3 Å². The number of carbonyl (C=O) groups excluding carboxylic acids is 1. The molecule has 146 valence electrons. The Hall–Kier alpha value is -2.26. The molecule has 0 fully saturated rings. The van der Waals surface area contributed by atoms with Gasteiger partial charge < -0.3 is 9.64 Å². The second-order valence-corrected chi connectivity index (χ2v) is 7.76. The highest BCUT2D eigenvalue weighted by Crippen LogP contribution is 2.17. The van der Waals surface area contributed by atoms with Crippen LogP contribution in [0.2, 0.25) is 0 Å². The van der Waals surface area contributed by atoms with Gasteiger partial charge in [0.05, 0.1) is 18.6 Å². The van der Waals surface area contributed by atoms with Crippen LogP contribution in [0.5, 0.6) is 0 Å². The lowest BCUT2D eigenvalue weighted by molar-refractivity contribution is -0.0258. The Labute approximate surface area is 160 Å². The second-order valence-electron chi connectivity index (χ2n) is 5.83. The van der Waals surface area contributed by atoms with Crippen LogP contribution in [-0.2, 0) is 26.1 Å².